The molecule has 0 spiro atoms. The van der Waals surface area contributed by atoms with E-state index in [0.29, 0.717) is 12.3 Å². The molecule has 0 atom stereocenters. The first kappa shape index (κ1) is 4.78. The van der Waals surface area contributed by atoms with Gasteiger partial charge in [-0.25, -0.2) is 0 Å². The highest BCUT2D eigenvalue weighted by molar-refractivity contribution is 5.51. The Morgan fingerprint density at radius 3 is 2.57 bits per heavy atom. The Morgan fingerprint density at radius 2 is 2.43 bits per heavy atom. The van der Waals surface area contributed by atoms with Gasteiger partial charge in [-0.1, -0.05) is 0 Å². The van der Waals surface area contributed by atoms with Crippen LogP contribution in [0.5, 0.6) is 0 Å². The Labute approximate surface area is 42.9 Å². The molecule has 1 N–H and O–H groups in total. The molecule has 1 heterocycles. The Balaban J connectivity index is 2.03. The summed E-state index contributed by atoms with van der Waals surface area (Å²) >= 11 is 0. The predicted octanol–water partition coefficient (Wildman–Crippen LogP) is -0.294. The summed E-state index contributed by atoms with van der Waals surface area (Å²) in [5.41, 5.74) is 0. The lowest BCUT2D eigenvalue weighted by atomic mass is 10.0. The number of nitrogens with one attached hydrogen (secondary N) is 1. The maximum atomic E-state index is 9.66. The molecular formula is C5H8NO. The molecule has 39 valence electrons. The first-order valence-electron chi connectivity index (χ1n) is 2.49. The second kappa shape index (κ2) is 2.07. The Morgan fingerprint density at radius 1 is 1.71 bits per heavy atom. The zero-order chi connectivity index (χ0) is 5.11. The van der Waals surface area contributed by atoms with Crippen molar-refractivity contribution in [2.75, 3.05) is 13.1 Å². The third-order valence-electron chi connectivity index (χ3n) is 1.24. The van der Waals surface area contributed by atoms with E-state index in [4.69, 9.17) is 0 Å². The van der Waals surface area contributed by atoms with Crippen LogP contribution in [0, 0.1) is 5.92 Å². The molecule has 1 rings (SSSR count). The zero-order valence-electron chi connectivity index (χ0n) is 4.11. The maximum absolute atomic E-state index is 9.66. The Hall–Kier alpha value is -0.370. The minimum atomic E-state index is 0.595. The van der Waals surface area contributed by atoms with Crippen LogP contribution in [-0.4, -0.2) is 19.4 Å². The molecular weight excluding hydrogens is 90.1 g/mol. The standard InChI is InChI=1S/C5H8NO/c7-2-1-5-3-6-4-5/h5-6H,1,3-4H2. The molecule has 0 aromatic rings. The predicted molar refractivity (Wildman–Crippen MR) is 26.7 cm³/mol. The van der Waals surface area contributed by atoms with E-state index in [9.17, 15) is 4.79 Å². The number of rotatable bonds is 2. The van der Waals surface area contributed by atoms with Crippen LogP contribution in [0.2, 0.25) is 0 Å². The average molecular weight is 98.1 g/mol. The summed E-state index contributed by atoms with van der Waals surface area (Å²) in [5, 5.41) is 3.07. The van der Waals surface area contributed by atoms with E-state index >= 15 is 0 Å². The molecule has 1 saturated heterocycles. The van der Waals surface area contributed by atoms with Gasteiger partial charge in [0, 0.05) is 6.42 Å². The van der Waals surface area contributed by atoms with Gasteiger partial charge in [0.1, 0.15) is 0 Å². The van der Waals surface area contributed by atoms with Crippen molar-refractivity contribution in [2.45, 2.75) is 6.42 Å². The van der Waals surface area contributed by atoms with Gasteiger partial charge < -0.3 is 5.32 Å². The van der Waals surface area contributed by atoms with E-state index in [-0.39, 0.29) is 0 Å². The van der Waals surface area contributed by atoms with Gasteiger partial charge in [-0.05, 0) is 19.0 Å². The maximum Gasteiger partial charge on any atom is 0.198 e. The minimum absolute atomic E-state index is 0.595. The van der Waals surface area contributed by atoms with Crippen molar-refractivity contribution >= 4 is 6.29 Å². The first-order valence-corrected chi connectivity index (χ1v) is 2.49. The third kappa shape index (κ3) is 0.996. The van der Waals surface area contributed by atoms with Gasteiger partial charge >= 0.3 is 0 Å². The van der Waals surface area contributed by atoms with Crippen molar-refractivity contribution in [3.05, 3.63) is 0 Å². The highest BCUT2D eigenvalue weighted by Crippen LogP contribution is 2.04. The van der Waals surface area contributed by atoms with Crippen molar-refractivity contribution in [1.29, 1.82) is 0 Å². The fourth-order valence-corrected chi connectivity index (χ4v) is 0.611. The van der Waals surface area contributed by atoms with E-state index in [1.807, 2.05) is 6.29 Å². The molecule has 2 nitrogen and oxygen atoms in total. The van der Waals surface area contributed by atoms with Gasteiger partial charge in [0.05, 0.1) is 0 Å². The summed E-state index contributed by atoms with van der Waals surface area (Å²) in [7, 11) is 0. The SMILES string of the molecule is O=[C]CC1CNC1. The van der Waals surface area contributed by atoms with Gasteiger partial charge in [0.15, 0.2) is 6.29 Å². The smallest absolute Gasteiger partial charge is 0.198 e. The monoisotopic (exact) mass is 98.1 g/mol. The lowest BCUT2D eigenvalue weighted by Crippen LogP contribution is -2.41. The molecule has 1 radical (unpaired) electrons. The summed E-state index contributed by atoms with van der Waals surface area (Å²) in [6.45, 7) is 2.02. The lowest BCUT2D eigenvalue weighted by molar-refractivity contribution is 0.353. The van der Waals surface area contributed by atoms with E-state index in [2.05, 4.69) is 5.32 Å². The minimum Gasteiger partial charge on any atom is -0.316 e. The van der Waals surface area contributed by atoms with E-state index in [1.54, 1.807) is 0 Å². The Bertz CT molecular complexity index is 68.5. The summed E-state index contributed by atoms with van der Waals surface area (Å²) in [6, 6.07) is 0. The Kier molecular flexibility index (Phi) is 1.42. The fraction of sp³-hybridized carbons (Fsp3) is 0.800. The topological polar surface area (TPSA) is 29.1 Å². The third-order valence-corrected chi connectivity index (χ3v) is 1.24. The summed E-state index contributed by atoms with van der Waals surface area (Å²) in [5.74, 6) is 0.595. The molecule has 7 heavy (non-hydrogen) atoms. The van der Waals surface area contributed by atoms with E-state index in [1.165, 1.54) is 0 Å². The molecule has 0 bridgehead atoms. The highest BCUT2D eigenvalue weighted by atomic mass is 16.1. The molecule has 0 aromatic heterocycles. The van der Waals surface area contributed by atoms with Crippen molar-refractivity contribution in [2.24, 2.45) is 5.92 Å². The van der Waals surface area contributed by atoms with Crippen LogP contribution in [0.3, 0.4) is 0 Å². The quantitative estimate of drug-likeness (QED) is 0.514. The van der Waals surface area contributed by atoms with Gasteiger partial charge in [-0.2, -0.15) is 0 Å². The van der Waals surface area contributed by atoms with Crippen LogP contribution in [0.25, 0.3) is 0 Å². The fourth-order valence-electron chi connectivity index (χ4n) is 0.611. The molecule has 1 fully saturated rings. The van der Waals surface area contributed by atoms with Crippen molar-refractivity contribution in [1.82, 2.24) is 5.32 Å². The molecule has 2 heteroatoms. The average Bonchev–Trinajstić information content (AvgIpc) is 1.55. The van der Waals surface area contributed by atoms with Crippen LogP contribution in [0.4, 0.5) is 0 Å². The first-order chi connectivity index (χ1) is 3.43. The van der Waals surface area contributed by atoms with Crippen molar-refractivity contribution < 1.29 is 4.79 Å². The van der Waals surface area contributed by atoms with Gasteiger partial charge in [-0.15, -0.1) is 0 Å². The molecule has 0 unspecified atom stereocenters. The van der Waals surface area contributed by atoms with Crippen LogP contribution in [0.15, 0.2) is 0 Å². The largest absolute Gasteiger partial charge is 0.316 e. The van der Waals surface area contributed by atoms with Gasteiger partial charge in [-0.3, -0.25) is 4.79 Å². The zero-order valence-corrected chi connectivity index (χ0v) is 4.11. The highest BCUT2D eigenvalue weighted by Gasteiger charge is 2.14. The molecule has 1 aliphatic rings. The number of carbonyl (C=O) groups excluding carboxylic acids is 1. The van der Waals surface area contributed by atoms with Crippen molar-refractivity contribution in [3.8, 4) is 0 Å². The molecule has 0 aromatic carbocycles. The summed E-state index contributed by atoms with van der Waals surface area (Å²) in [4.78, 5) is 9.66. The van der Waals surface area contributed by atoms with Crippen LogP contribution in [0.1, 0.15) is 6.42 Å². The van der Waals surface area contributed by atoms with E-state index in [0.717, 1.165) is 13.1 Å². The van der Waals surface area contributed by atoms with Crippen molar-refractivity contribution in [3.63, 3.8) is 0 Å². The molecule has 0 amide bonds. The second-order valence-corrected chi connectivity index (χ2v) is 1.87. The van der Waals surface area contributed by atoms with E-state index < -0.39 is 0 Å². The van der Waals surface area contributed by atoms with Crippen LogP contribution >= 0.6 is 0 Å². The summed E-state index contributed by atoms with van der Waals surface area (Å²) in [6.07, 6.45) is 2.50. The van der Waals surface area contributed by atoms with Gasteiger partial charge in [0.25, 0.3) is 0 Å². The number of hydrogen-bond donors (Lipinski definition) is 1. The lowest BCUT2D eigenvalue weighted by Gasteiger charge is -2.24. The summed E-state index contributed by atoms with van der Waals surface area (Å²) < 4.78 is 0. The van der Waals surface area contributed by atoms with Crippen LogP contribution < -0.4 is 5.32 Å². The molecule has 0 aliphatic carbocycles. The second-order valence-electron chi connectivity index (χ2n) is 1.87. The number of hydrogen-bond acceptors (Lipinski definition) is 2. The van der Waals surface area contributed by atoms with Crippen LogP contribution in [-0.2, 0) is 4.79 Å². The molecule has 1 aliphatic heterocycles. The normalized spacial score (nSPS) is 21.1. The molecule has 0 saturated carbocycles. The van der Waals surface area contributed by atoms with Gasteiger partial charge in [0.2, 0.25) is 0 Å².